The molecule has 37 heavy (non-hydrogen) atoms. The predicted octanol–water partition coefficient (Wildman–Crippen LogP) is 6.56. The molecule has 1 atom stereocenters. The topological polar surface area (TPSA) is 66.5 Å². The summed E-state index contributed by atoms with van der Waals surface area (Å²) in [5.41, 5.74) is -0.271. The molecular formula is C27H28ClF3N2O3S. The maximum atomic E-state index is 15.0. The van der Waals surface area contributed by atoms with E-state index in [9.17, 15) is 26.4 Å². The molecule has 0 bridgehead atoms. The van der Waals surface area contributed by atoms with Crippen LogP contribution >= 0.6 is 11.6 Å². The fraction of sp³-hybridized carbons (Fsp3) is 0.296. The van der Waals surface area contributed by atoms with Gasteiger partial charge in [0, 0.05) is 23.0 Å². The Hall–Kier alpha value is -3.04. The van der Waals surface area contributed by atoms with Crippen molar-refractivity contribution in [2.24, 2.45) is 0 Å². The lowest BCUT2D eigenvalue weighted by Crippen LogP contribution is -2.40. The van der Waals surface area contributed by atoms with Crippen LogP contribution in [0.3, 0.4) is 0 Å². The number of hydrogen-bond donors (Lipinski definition) is 1. The molecule has 3 aromatic rings. The van der Waals surface area contributed by atoms with Gasteiger partial charge in [-0.3, -0.25) is 9.10 Å². The highest BCUT2D eigenvalue weighted by molar-refractivity contribution is 7.92. The second-order valence-corrected chi connectivity index (χ2v) is 11.9. The first kappa shape index (κ1) is 28.5. The molecule has 0 saturated carbocycles. The van der Waals surface area contributed by atoms with E-state index >= 15 is 0 Å². The van der Waals surface area contributed by atoms with E-state index in [2.05, 4.69) is 5.32 Å². The van der Waals surface area contributed by atoms with Gasteiger partial charge in [-0.1, -0.05) is 17.7 Å². The van der Waals surface area contributed by atoms with Crippen molar-refractivity contribution >= 4 is 33.2 Å². The Labute approximate surface area is 220 Å². The van der Waals surface area contributed by atoms with Crippen molar-refractivity contribution in [3.05, 3.63) is 94.3 Å². The van der Waals surface area contributed by atoms with Crippen LogP contribution in [0.25, 0.3) is 0 Å². The van der Waals surface area contributed by atoms with Crippen LogP contribution in [0.2, 0.25) is 5.02 Å². The summed E-state index contributed by atoms with van der Waals surface area (Å²) in [7, 11) is -4.44. The Morgan fingerprint density at radius 1 is 0.973 bits per heavy atom. The van der Waals surface area contributed by atoms with Gasteiger partial charge in [0.1, 0.15) is 17.5 Å². The molecule has 0 aromatic heterocycles. The van der Waals surface area contributed by atoms with Crippen molar-refractivity contribution in [3.63, 3.8) is 0 Å². The number of hydrogen-bond acceptors (Lipinski definition) is 3. The van der Waals surface area contributed by atoms with Gasteiger partial charge in [0.05, 0.1) is 16.6 Å². The first-order valence-electron chi connectivity index (χ1n) is 11.5. The van der Waals surface area contributed by atoms with Crippen molar-refractivity contribution < 1.29 is 26.4 Å². The third-order valence-electron chi connectivity index (χ3n) is 5.56. The molecule has 0 heterocycles. The molecule has 10 heteroatoms. The van der Waals surface area contributed by atoms with Crippen molar-refractivity contribution in [2.75, 3.05) is 4.31 Å². The smallest absolute Gasteiger partial charge is 0.264 e. The third-order valence-corrected chi connectivity index (χ3v) is 7.71. The van der Waals surface area contributed by atoms with Gasteiger partial charge in [0.2, 0.25) is 5.91 Å². The van der Waals surface area contributed by atoms with E-state index in [4.69, 9.17) is 11.6 Å². The van der Waals surface area contributed by atoms with Crippen LogP contribution in [0.4, 0.5) is 18.9 Å². The fourth-order valence-electron chi connectivity index (χ4n) is 3.97. The van der Waals surface area contributed by atoms with E-state index in [1.54, 1.807) is 0 Å². The molecule has 0 fully saturated rings. The average Bonchev–Trinajstić information content (AvgIpc) is 2.79. The summed E-state index contributed by atoms with van der Waals surface area (Å²) >= 11 is 5.91. The lowest BCUT2D eigenvalue weighted by atomic mass is 9.97. The number of halogens is 4. The minimum atomic E-state index is -4.44. The van der Waals surface area contributed by atoms with E-state index in [-0.39, 0.29) is 23.6 Å². The number of aryl methyl sites for hydroxylation is 1. The first-order chi connectivity index (χ1) is 17.2. The van der Waals surface area contributed by atoms with Crippen LogP contribution in [0.5, 0.6) is 0 Å². The van der Waals surface area contributed by atoms with Crippen molar-refractivity contribution in [1.82, 2.24) is 5.32 Å². The molecule has 0 aliphatic heterocycles. The van der Waals surface area contributed by atoms with Crippen LogP contribution in [-0.2, 0) is 21.2 Å². The Kier molecular flexibility index (Phi) is 8.59. The summed E-state index contributed by atoms with van der Waals surface area (Å²) in [6.07, 6.45) is 0.110. The predicted molar refractivity (Wildman–Crippen MR) is 139 cm³/mol. The number of rotatable bonds is 8. The molecule has 0 spiro atoms. The van der Waals surface area contributed by atoms with Gasteiger partial charge in [-0.2, -0.15) is 0 Å². The van der Waals surface area contributed by atoms with Crippen LogP contribution in [-0.4, -0.2) is 19.9 Å². The van der Waals surface area contributed by atoms with E-state index in [0.29, 0.717) is 16.1 Å². The molecule has 0 radical (unpaired) electrons. The number of sulfonamides is 1. The van der Waals surface area contributed by atoms with Crippen molar-refractivity contribution in [3.8, 4) is 0 Å². The number of nitrogens with one attached hydrogen (secondary N) is 1. The Balaban J connectivity index is 2.11. The standard InChI is InChI=1S/C27H28ClF3N2O3S/c1-17(23-12-8-20(29)15-18(23)5-14-26(34)32-27(2,3)4)33(25-16-21(30)9-13-24(25)31)37(35,36)22-10-6-19(28)7-11-22/h6-13,15-17H,5,14H2,1-4H3,(H,32,34)/t17-/m1/s1. The lowest BCUT2D eigenvalue weighted by molar-refractivity contribution is -0.122. The summed E-state index contributed by atoms with van der Waals surface area (Å²) in [5, 5.41) is 3.12. The van der Waals surface area contributed by atoms with Crippen LogP contribution in [0.1, 0.15) is 51.3 Å². The van der Waals surface area contributed by atoms with E-state index in [1.807, 2.05) is 20.8 Å². The highest BCUT2D eigenvalue weighted by Gasteiger charge is 2.34. The molecule has 5 nitrogen and oxygen atoms in total. The Morgan fingerprint density at radius 3 is 2.19 bits per heavy atom. The number of amides is 1. The SMILES string of the molecule is C[C@H](c1ccc(F)cc1CCC(=O)NC(C)(C)C)N(c1cc(F)ccc1F)S(=O)(=O)c1ccc(Cl)cc1. The second kappa shape index (κ2) is 11.1. The number of carbonyl (C=O) groups excluding carboxylic acids is 1. The molecular weight excluding hydrogens is 525 g/mol. The minimum absolute atomic E-state index is 0.0126. The molecule has 3 rings (SSSR count). The maximum Gasteiger partial charge on any atom is 0.264 e. The number of anilines is 1. The lowest BCUT2D eigenvalue weighted by Gasteiger charge is -2.32. The summed E-state index contributed by atoms with van der Waals surface area (Å²) < 4.78 is 71.7. The fourth-order valence-corrected chi connectivity index (χ4v) is 5.74. The Morgan fingerprint density at radius 2 is 1.57 bits per heavy atom. The van der Waals surface area contributed by atoms with Gasteiger partial charge < -0.3 is 5.32 Å². The van der Waals surface area contributed by atoms with Gasteiger partial charge in [0.25, 0.3) is 10.0 Å². The molecule has 0 unspecified atom stereocenters. The summed E-state index contributed by atoms with van der Waals surface area (Å²) in [6, 6.07) is 10.4. The van der Waals surface area contributed by atoms with E-state index < -0.39 is 44.7 Å². The van der Waals surface area contributed by atoms with E-state index in [0.717, 1.165) is 28.6 Å². The normalized spacial score (nSPS) is 12.8. The van der Waals surface area contributed by atoms with Gasteiger partial charge in [0.15, 0.2) is 0 Å². The zero-order chi connectivity index (χ0) is 27.5. The minimum Gasteiger partial charge on any atom is -0.351 e. The molecule has 0 aliphatic carbocycles. The number of nitrogens with zero attached hydrogens (tertiary/aromatic N) is 1. The van der Waals surface area contributed by atoms with Gasteiger partial charge in [-0.05, 0) is 93.8 Å². The van der Waals surface area contributed by atoms with Crippen LogP contribution in [0, 0.1) is 17.5 Å². The molecule has 0 saturated heterocycles. The van der Waals surface area contributed by atoms with Crippen LogP contribution < -0.4 is 9.62 Å². The Bertz CT molecular complexity index is 1390. The van der Waals surface area contributed by atoms with E-state index in [1.165, 1.54) is 43.3 Å². The average molecular weight is 553 g/mol. The molecule has 1 amide bonds. The van der Waals surface area contributed by atoms with Crippen LogP contribution in [0.15, 0.2) is 65.6 Å². The maximum absolute atomic E-state index is 15.0. The first-order valence-corrected chi connectivity index (χ1v) is 13.4. The molecule has 0 aliphatic rings. The van der Waals surface area contributed by atoms with Crippen molar-refractivity contribution in [1.29, 1.82) is 0 Å². The zero-order valence-electron chi connectivity index (χ0n) is 20.9. The summed E-state index contributed by atoms with van der Waals surface area (Å²) in [6.45, 7) is 6.97. The van der Waals surface area contributed by atoms with Crippen molar-refractivity contribution in [2.45, 2.75) is 57.0 Å². The second-order valence-electron chi connectivity index (χ2n) is 9.67. The third kappa shape index (κ3) is 7.05. The number of benzene rings is 3. The highest BCUT2D eigenvalue weighted by Crippen LogP contribution is 2.37. The summed E-state index contributed by atoms with van der Waals surface area (Å²) in [4.78, 5) is 12.2. The summed E-state index contributed by atoms with van der Waals surface area (Å²) in [5.74, 6) is -2.64. The monoisotopic (exact) mass is 552 g/mol. The van der Waals surface area contributed by atoms with Gasteiger partial charge >= 0.3 is 0 Å². The van der Waals surface area contributed by atoms with Gasteiger partial charge in [-0.15, -0.1) is 0 Å². The largest absolute Gasteiger partial charge is 0.351 e. The molecule has 198 valence electrons. The zero-order valence-corrected chi connectivity index (χ0v) is 22.4. The molecule has 3 aromatic carbocycles. The quantitative estimate of drug-likeness (QED) is 0.344. The van der Waals surface area contributed by atoms with Gasteiger partial charge in [-0.25, -0.2) is 21.6 Å². The number of carbonyl (C=O) groups is 1. The highest BCUT2D eigenvalue weighted by atomic mass is 35.5. The molecule has 1 N–H and O–H groups in total.